The molecule has 0 radical (unpaired) electrons. The fourth-order valence-electron chi connectivity index (χ4n) is 2.58. The average Bonchev–Trinajstić information content (AvgIpc) is 2.62. The number of nitrogens with zero attached hydrogens (tertiary/aromatic N) is 2. The smallest absolute Gasteiger partial charge is 0.322 e. The van der Waals surface area contributed by atoms with Gasteiger partial charge >= 0.3 is 6.03 Å². The van der Waals surface area contributed by atoms with Crippen molar-refractivity contribution >= 4 is 23.3 Å². The van der Waals surface area contributed by atoms with Crippen molar-refractivity contribution < 1.29 is 9.53 Å². The van der Waals surface area contributed by atoms with Crippen LogP contribution in [0.1, 0.15) is 17.2 Å². The molecule has 0 spiro atoms. The second-order valence-electron chi connectivity index (χ2n) is 5.48. The lowest BCUT2D eigenvalue weighted by Crippen LogP contribution is -2.44. The Labute approximate surface area is 145 Å². The Balaban J connectivity index is 1.66. The first-order chi connectivity index (χ1) is 11.7. The van der Waals surface area contributed by atoms with E-state index in [1.165, 1.54) is 0 Å². The van der Waals surface area contributed by atoms with Crippen LogP contribution < -0.4 is 5.32 Å². The van der Waals surface area contributed by atoms with Crippen LogP contribution in [0.5, 0.6) is 0 Å². The normalized spacial score (nSPS) is 17.2. The van der Waals surface area contributed by atoms with Crippen LogP contribution in [0.15, 0.2) is 48.5 Å². The Kier molecular flexibility index (Phi) is 4.99. The Hall–Kier alpha value is -2.55. The third-order valence-electron chi connectivity index (χ3n) is 3.84. The van der Waals surface area contributed by atoms with Crippen molar-refractivity contribution in [3.8, 4) is 6.07 Å². The second kappa shape index (κ2) is 7.35. The molecular formula is C18H16ClN3O2. The number of ether oxygens (including phenoxy) is 1. The van der Waals surface area contributed by atoms with Gasteiger partial charge in [0.25, 0.3) is 0 Å². The van der Waals surface area contributed by atoms with Gasteiger partial charge < -0.3 is 15.0 Å². The number of hydrogen-bond donors (Lipinski definition) is 1. The molecule has 0 aliphatic carbocycles. The van der Waals surface area contributed by atoms with E-state index in [2.05, 4.69) is 11.4 Å². The third-order valence-corrected chi connectivity index (χ3v) is 4.09. The van der Waals surface area contributed by atoms with Crippen molar-refractivity contribution in [2.45, 2.75) is 6.10 Å². The maximum absolute atomic E-state index is 12.5. The SMILES string of the molecule is N#Cc1cccc(NC(=O)N2CCO[C@H](c3ccc(Cl)cc3)C2)c1. The van der Waals surface area contributed by atoms with E-state index in [0.29, 0.717) is 36.0 Å². The summed E-state index contributed by atoms with van der Waals surface area (Å²) in [6.07, 6.45) is -0.174. The van der Waals surface area contributed by atoms with Crippen LogP contribution in [0.2, 0.25) is 5.02 Å². The molecule has 2 amide bonds. The minimum atomic E-state index is -0.202. The molecule has 2 aromatic rings. The number of nitriles is 1. The molecule has 1 N–H and O–H groups in total. The van der Waals surface area contributed by atoms with E-state index in [0.717, 1.165) is 5.56 Å². The van der Waals surface area contributed by atoms with Gasteiger partial charge in [0.05, 0.1) is 24.8 Å². The van der Waals surface area contributed by atoms with Crippen LogP contribution in [0, 0.1) is 11.3 Å². The van der Waals surface area contributed by atoms with Crippen molar-refractivity contribution in [2.24, 2.45) is 0 Å². The number of amides is 2. The summed E-state index contributed by atoms with van der Waals surface area (Å²) in [4.78, 5) is 14.2. The minimum absolute atomic E-state index is 0.174. The Bertz CT molecular complexity index is 771. The number of urea groups is 1. The summed E-state index contributed by atoms with van der Waals surface area (Å²) in [7, 11) is 0. The number of benzene rings is 2. The highest BCUT2D eigenvalue weighted by Crippen LogP contribution is 2.24. The van der Waals surface area contributed by atoms with Crippen molar-refractivity contribution in [1.29, 1.82) is 5.26 Å². The fourth-order valence-corrected chi connectivity index (χ4v) is 2.71. The van der Waals surface area contributed by atoms with Gasteiger partial charge in [0.15, 0.2) is 0 Å². The van der Waals surface area contributed by atoms with E-state index >= 15 is 0 Å². The first-order valence-electron chi connectivity index (χ1n) is 7.59. The van der Waals surface area contributed by atoms with E-state index in [-0.39, 0.29) is 12.1 Å². The molecule has 0 unspecified atom stereocenters. The summed E-state index contributed by atoms with van der Waals surface area (Å²) in [5.41, 5.74) is 2.10. The van der Waals surface area contributed by atoms with E-state index in [9.17, 15) is 4.79 Å². The maximum Gasteiger partial charge on any atom is 0.322 e. The molecule has 5 nitrogen and oxygen atoms in total. The standard InChI is InChI=1S/C18H16ClN3O2/c19-15-6-4-14(5-7-15)17-12-22(8-9-24-17)18(23)21-16-3-1-2-13(10-16)11-20/h1-7,10,17H,8-9,12H2,(H,21,23)/t17-/m0/s1. The zero-order valence-electron chi connectivity index (χ0n) is 12.9. The van der Waals surface area contributed by atoms with E-state index in [1.54, 1.807) is 29.2 Å². The minimum Gasteiger partial charge on any atom is -0.370 e. The summed E-state index contributed by atoms with van der Waals surface area (Å²) >= 11 is 5.91. The molecule has 122 valence electrons. The van der Waals surface area contributed by atoms with Crippen molar-refractivity contribution in [3.63, 3.8) is 0 Å². The van der Waals surface area contributed by atoms with E-state index in [1.807, 2.05) is 24.3 Å². The largest absolute Gasteiger partial charge is 0.370 e. The van der Waals surface area contributed by atoms with Gasteiger partial charge in [0.2, 0.25) is 0 Å². The fraction of sp³-hybridized carbons (Fsp3) is 0.222. The van der Waals surface area contributed by atoms with E-state index < -0.39 is 0 Å². The molecule has 1 saturated heterocycles. The molecule has 1 atom stereocenters. The van der Waals surface area contributed by atoms with Gasteiger partial charge in [-0.3, -0.25) is 0 Å². The molecule has 1 aliphatic heterocycles. The van der Waals surface area contributed by atoms with Gasteiger partial charge in [-0.05, 0) is 35.9 Å². The summed E-state index contributed by atoms with van der Waals surface area (Å²) in [6, 6.07) is 16.1. The summed E-state index contributed by atoms with van der Waals surface area (Å²) in [5.74, 6) is 0. The van der Waals surface area contributed by atoms with Crippen LogP contribution in [0.4, 0.5) is 10.5 Å². The molecule has 1 aliphatic rings. The van der Waals surface area contributed by atoms with Gasteiger partial charge in [0.1, 0.15) is 6.10 Å². The van der Waals surface area contributed by atoms with Gasteiger partial charge in [0, 0.05) is 17.3 Å². The van der Waals surface area contributed by atoms with Crippen molar-refractivity contribution in [2.75, 3.05) is 25.0 Å². The molecule has 1 heterocycles. The molecule has 0 aromatic heterocycles. The summed E-state index contributed by atoms with van der Waals surface area (Å²) < 4.78 is 5.76. The van der Waals surface area contributed by atoms with E-state index in [4.69, 9.17) is 21.6 Å². The maximum atomic E-state index is 12.5. The lowest BCUT2D eigenvalue weighted by molar-refractivity contribution is -0.0135. The van der Waals surface area contributed by atoms with Crippen LogP contribution >= 0.6 is 11.6 Å². The van der Waals surface area contributed by atoms with Gasteiger partial charge in [-0.15, -0.1) is 0 Å². The summed E-state index contributed by atoms with van der Waals surface area (Å²) in [6.45, 7) is 1.46. The molecular weight excluding hydrogens is 326 g/mol. The number of carbonyl (C=O) groups is 1. The highest BCUT2D eigenvalue weighted by molar-refractivity contribution is 6.30. The molecule has 3 rings (SSSR count). The highest BCUT2D eigenvalue weighted by atomic mass is 35.5. The number of halogens is 1. The van der Waals surface area contributed by atoms with Gasteiger partial charge in [-0.25, -0.2) is 4.79 Å². The lowest BCUT2D eigenvalue weighted by atomic mass is 10.1. The Morgan fingerprint density at radius 3 is 2.83 bits per heavy atom. The number of rotatable bonds is 2. The van der Waals surface area contributed by atoms with Crippen molar-refractivity contribution in [1.82, 2.24) is 4.90 Å². The predicted molar refractivity (Wildman–Crippen MR) is 91.9 cm³/mol. The molecule has 0 bridgehead atoms. The van der Waals surface area contributed by atoms with Crippen LogP contribution in [0.3, 0.4) is 0 Å². The second-order valence-corrected chi connectivity index (χ2v) is 5.92. The molecule has 0 saturated carbocycles. The Morgan fingerprint density at radius 1 is 1.29 bits per heavy atom. The van der Waals surface area contributed by atoms with Crippen LogP contribution in [0.25, 0.3) is 0 Å². The number of carbonyl (C=O) groups excluding carboxylic acids is 1. The monoisotopic (exact) mass is 341 g/mol. The number of nitrogens with one attached hydrogen (secondary N) is 1. The zero-order chi connectivity index (χ0) is 16.9. The molecule has 24 heavy (non-hydrogen) atoms. The van der Waals surface area contributed by atoms with Gasteiger partial charge in [-0.1, -0.05) is 29.8 Å². The van der Waals surface area contributed by atoms with Crippen LogP contribution in [-0.4, -0.2) is 30.6 Å². The quantitative estimate of drug-likeness (QED) is 0.903. The van der Waals surface area contributed by atoms with Gasteiger partial charge in [-0.2, -0.15) is 5.26 Å². The molecule has 1 fully saturated rings. The average molecular weight is 342 g/mol. The third kappa shape index (κ3) is 3.85. The number of hydrogen-bond acceptors (Lipinski definition) is 3. The summed E-state index contributed by atoms with van der Waals surface area (Å²) in [5, 5.41) is 12.4. The van der Waals surface area contributed by atoms with Crippen LogP contribution in [-0.2, 0) is 4.74 Å². The number of morpholine rings is 1. The predicted octanol–water partition coefficient (Wildman–Crippen LogP) is 3.82. The Morgan fingerprint density at radius 2 is 2.08 bits per heavy atom. The highest BCUT2D eigenvalue weighted by Gasteiger charge is 2.25. The lowest BCUT2D eigenvalue weighted by Gasteiger charge is -2.33. The number of anilines is 1. The zero-order valence-corrected chi connectivity index (χ0v) is 13.7. The van der Waals surface area contributed by atoms with Crippen molar-refractivity contribution in [3.05, 3.63) is 64.7 Å². The first kappa shape index (κ1) is 16.3. The molecule has 2 aromatic carbocycles. The topological polar surface area (TPSA) is 65.4 Å². The first-order valence-corrected chi connectivity index (χ1v) is 7.96. The molecule has 6 heteroatoms.